The molecular formula is C25H40N4O7S2. The van der Waals surface area contributed by atoms with Crippen LogP contribution >= 0.6 is 0 Å². The van der Waals surface area contributed by atoms with Crippen LogP contribution in [0.5, 0.6) is 11.5 Å². The molecule has 0 spiro atoms. The van der Waals surface area contributed by atoms with Gasteiger partial charge in [0.25, 0.3) is 0 Å². The van der Waals surface area contributed by atoms with Crippen molar-refractivity contribution in [3.63, 3.8) is 0 Å². The molecule has 3 rings (SSSR count). The summed E-state index contributed by atoms with van der Waals surface area (Å²) in [5, 5.41) is 23.2. The summed E-state index contributed by atoms with van der Waals surface area (Å²) in [7, 11) is -7.04. The average molecular weight is 573 g/mol. The van der Waals surface area contributed by atoms with E-state index in [9.17, 15) is 27.0 Å². The van der Waals surface area contributed by atoms with Crippen molar-refractivity contribution in [1.29, 1.82) is 0 Å². The third-order valence-corrected chi connectivity index (χ3v) is 8.50. The number of benzene rings is 1. The Balaban J connectivity index is 1.59. The van der Waals surface area contributed by atoms with Gasteiger partial charge in [-0.2, -0.15) is 4.72 Å². The van der Waals surface area contributed by atoms with E-state index in [1.54, 1.807) is 0 Å². The Morgan fingerprint density at radius 2 is 1.89 bits per heavy atom. The number of aliphatic hydroxyl groups is 1. The lowest BCUT2D eigenvalue weighted by Gasteiger charge is -2.45. The smallest absolute Gasteiger partial charge is 0.229 e. The fourth-order valence-electron chi connectivity index (χ4n) is 4.49. The zero-order valence-electron chi connectivity index (χ0n) is 22.0. The molecule has 2 atom stereocenters. The summed E-state index contributed by atoms with van der Waals surface area (Å²) in [4.78, 5) is 2.20. The molecular weight excluding hydrogens is 532 g/mol. The number of phenolic OH excluding ortho intramolecular Hbond substituents is 1. The van der Waals surface area contributed by atoms with Gasteiger partial charge in [-0.05, 0) is 43.5 Å². The Morgan fingerprint density at radius 3 is 2.53 bits per heavy atom. The molecule has 1 unspecified atom stereocenters. The van der Waals surface area contributed by atoms with Crippen LogP contribution in [-0.4, -0.2) is 82.0 Å². The molecule has 1 aliphatic carbocycles. The summed E-state index contributed by atoms with van der Waals surface area (Å²) >= 11 is 0. The molecule has 5 N–H and O–H groups in total. The first-order valence-corrected chi connectivity index (χ1v) is 16.5. The fraction of sp³-hybridized carbons (Fsp3) is 0.600. The normalized spacial score (nSPS) is 21.5. The number of rotatable bonds is 14. The van der Waals surface area contributed by atoms with Crippen LogP contribution < -0.4 is 19.5 Å². The number of anilines is 1. The average Bonchev–Trinajstić information content (AvgIpc) is 2.86. The first-order valence-electron chi connectivity index (χ1n) is 12.9. The summed E-state index contributed by atoms with van der Waals surface area (Å²) in [6.07, 6.45) is 10.8. The maximum atomic E-state index is 12.8. The Morgan fingerprint density at radius 1 is 1.16 bits per heavy atom. The molecule has 13 heteroatoms. The number of unbranched alkanes of at least 4 members (excludes halogenated alkanes) is 1. The van der Waals surface area contributed by atoms with Crippen LogP contribution in [0.1, 0.15) is 45.4 Å². The molecule has 11 nitrogen and oxygen atoms in total. The largest absolute Gasteiger partial charge is 0.508 e. The molecule has 0 bridgehead atoms. The number of phenols is 1. The number of piperidine rings is 1. The second-order valence-electron chi connectivity index (χ2n) is 9.84. The predicted molar refractivity (Wildman–Crippen MR) is 148 cm³/mol. The van der Waals surface area contributed by atoms with Crippen LogP contribution in [0.25, 0.3) is 0 Å². The Kier molecular flexibility index (Phi) is 10.5. The number of hydrogen-bond acceptors (Lipinski definition) is 9. The number of nitrogens with one attached hydrogen (secondary N) is 3. The summed E-state index contributed by atoms with van der Waals surface area (Å²) in [5.74, 6) is 0.136. The monoisotopic (exact) mass is 572 g/mol. The highest BCUT2D eigenvalue weighted by atomic mass is 32.2. The van der Waals surface area contributed by atoms with E-state index in [4.69, 9.17) is 4.74 Å². The molecule has 0 radical (unpaired) electrons. The fourth-order valence-corrected chi connectivity index (χ4v) is 6.64. The molecule has 38 heavy (non-hydrogen) atoms. The number of ether oxygens (including phenoxy) is 1. The summed E-state index contributed by atoms with van der Waals surface area (Å²) in [6.45, 7) is 3.64. The molecule has 1 aromatic carbocycles. The molecule has 1 aromatic rings. The number of hydrogen-bond donors (Lipinski definition) is 5. The van der Waals surface area contributed by atoms with E-state index in [0.717, 1.165) is 50.7 Å². The van der Waals surface area contributed by atoms with Crippen LogP contribution in [0.3, 0.4) is 0 Å². The number of aromatic hydroxyl groups is 1. The van der Waals surface area contributed by atoms with Crippen molar-refractivity contribution in [1.82, 2.24) is 14.9 Å². The molecule has 0 amide bonds. The Hall–Kier alpha value is -2.32. The summed E-state index contributed by atoms with van der Waals surface area (Å²) in [5.41, 5.74) is 0.0245. The van der Waals surface area contributed by atoms with Gasteiger partial charge in [-0.15, -0.1) is 0 Å². The van der Waals surface area contributed by atoms with E-state index in [0.29, 0.717) is 12.8 Å². The maximum absolute atomic E-state index is 12.8. The van der Waals surface area contributed by atoms with E-state index in [-0.39, 0.29) is 36.1 Å². The van der Waals surface area contributed by atoms with E-state index < -0.39 is 31.8 Å². The van der Waals surface area contributed by atoms with E-state index in [2.05, 4.69) is 19.7 Å². The van der Waals surface area contributed by atoms with Gasteiger partial charge in [0, 0.05) is 37.8 Å². The van der Waals surface area contributed by atoms with Gasteiger partial charge in [0.05, 0.1) is 17.7 Å². The third-order valence-electron chi connectivity index (χ3n) is 6.42. The van der Waals surface area contributed by atoms with Gasteiger partial charge in [-0.3, -0.25) is 9.62 Å². The highest BCUT2D eigenvalue weighted by Gasteiger charge is 2.39. The Bertz CT molecular complexity index is 1210. The van der Waals surface area contributed by atoms with Gasteiger partial charge < -0.3 is 20.3 Å². The second-order valence-corrected chi connectivity index (χ2v) is 13.4. The summed E-state index contributed by atoms with van der Waals surface area (Å²) in [6, 6.07) is 4.00. The predicted octanol–water partition coefficient (Wildman–Crippen LogP) is 1.84. The molecule has 1 aliphatic heterocycles. The van der Waals surface area contributed by atoms with Crippen molar-refractivity contribution >= 4 is 25.7 Å². The van der Waals surface area contributed by atoms with Gasteiger partial charge in [-0.25, -0.2) is 16.8 Å². The highest BCUT2D eigenvalue weighted by molar-refractivity contribution is 7.92. The van der Waals surface area contributed by atoms with Crippen LogP contribution in [0, 0.1) is 0 Å². The lowest BCUT2D eigenvalue weighted by atomic mass is 9.95. The van der Waals surface area contributed by atoms with Crippen molar-refractivity contribution in [3.05, 3.63) is 42.1 Å². The zero-order valence-corrected chi connectivity index (χ0v) is 23.7. The van der Waals surface area contributed by atoms with Crippen LogP contribution in [0.15, 0.2) is 42.1 Å². The minimum Gasteiger partial charge on any atom is -0.508 e. The molecule has 1 heterocycles. The molecule has 0 aromatic heterocycles. The van der Waals surface area contributed by atoms with E-state index in [1.807, 2.05) is 25.2 Å². The van der Waals surface area contributed by atoms with Gasteiger partial charge >= 0.3 is 0 Å². The third kappa shape index (κ3) is 9.16. The lowest BCUT2D eigenvalue weighted by Crippen LogP contribution is -2.61. The second kappa shape index (κ2) is 13.2. The summed E-state index contributed by atoms with van der Waals surface area (Å²) < 4.78 is 59.6. The van der Waals surface area contributed by atoms with Crippen LogP contribution in [0.4, 0.5) is 5.69 Å². The van der Waals surface area contributed by atoms with Crippen molar-refractivity contribution in [2.75, 3.05) is 43.0 Å². The molecule has 214 valence electrons. The minimum atomic E-state index is -3.59. The van der Waals surface area contributed by atoms with E-state index >= 15 is 0 Å². The number of aliphatic hydroxyl groups excluding tert-OH is 1. The van der Waals surface area contributed by atoms with Gasteiger partial charge in [0.15, 0.2) is 0 Å². The number of allylic oxidation sites excluding steroid dienone is 1. The number of sulfonamides is 2. The quantitative estimate of drug-likeness (QED) is 0.224. The molecule has 2 aliphatic rings. The molecule has 0 saturated carbocycles. The van der Waals surface area contributed by atoms with Crippen molar-refractivity contribution in [2.24, 2.45) is 0 Å². The Labute approximate surface area is 226 Å². The van der Waals surface area contributed by atoms with Crippen molar-refractivity contribution in [2.45, 2.75) is 57.2 Å². The maximum Gasteiger partial charge on any atom is 0.229 e. The first-order chi connectivity index (χ1) is 17.9. The first kappa shape index (κ1) is 30.2. The topological polar surface area (TPSA) is 157 Å². The van der Waals surface area contributed by atoms with Gasteiger partial charge in [0.2, 0.25) is 20.0 Å². The zero-order chi connectivity index (χ0) is 27.8. The lowest BCUT2D eigenvalue weighted by molar-refractivity contribution is 0.0946. The van der Waals surface area contributed by atoms with Gasteiger partial charge in [-0.1, -0.05) is 25.8 Å². The number of likely N-dealkylation sites (tertiary alicyclic amines) is 1. The van der Waals surface area contributed by atoms with E-state index in [1.165, 1.54) is 18.2 Å². The highest BCUT2D eigenvalue weighted by Crippen LogP contribution is 2.30. The standard InChI is InChI=1S/C25H40N4O7S2/c1-3-4-16-38(34,35)28-25(29-14-6-5-7-15-29)12-10-20(11-13-25)26-18-22(31)19-36-24-9-8-21(30)17-23(24)27-37(2,32)33/h8-12,17,22,26-28,30-31H,3-7,13-16,18-19H2,1-2H3/t22-,25?/m0/s1. The van der Waals surface area contributed by atoms with Gasteiger partial charge in [0.1, 0.15) is 29.9 Å². The van der Waals surface area contributed by atoms with Crippen LogP contribution in [0.2, 0.25) is 0 Å². The number of nitrogens with zero attached hydrogens (tertiary/aromatic N) is 1. The molecule has 1 fully saturated rings. The van der Waals surface area contributed by atoms with Crippen LogP contribution in [-0.2, 0) is 20.0 Å². The minimum absolute atomic E-state index is 0.0704. The molecule has 1 saturated heterocycles. The SMILES string of the molecule is CCCCS(=O)(=O)NC1(N2CCCCC2)C=CC(NC[C@H](O)COc2ccc(O)cc2NS(C)(=O)=O)=CC1. The van der Waals surface area contributed by atoms with Crippen molar-refractivity contribution in [3.8, 4) is 11.5 Å². The van der Waals surface area contributed by atoms with Crippen molar-refractivity contribution < 1.29 is 31.8 Å².